The molecule has 0 unspecified atom stereocenters. The number of nitriles is 1. The number of hydrogen-bond acceptors (Lipinski definition) is 2. The Balaban J connectivity index is 3.01. The molecule has 0 fully saturated rings. The zero-order valence-corrected chi connectivity index (χ0v) is 7.32. The van der Waals surface area contributed by atoms with Crippen LogP contribution in [0.4, 0.5) is 0 Å². The van der Waals surface area contributed by atoms with Gasteiger partial charge < -0.3 is 0 Å². The molecule has 13 heavy (non-hydrogen) atoms. The van der Waals surface area contributed by atoms with Gasteiger partial charge in [0.25, 0.3) is 0 Å². The Labute approximate surface area is 77.1 Å². The Hall–Kier alpha value is -1.88. The van der Waals surface area contributed by atoms with Crippen LogP contribution in [0.1, 0.15) is 17.3 Å². The summed E-state index contributed by atoms with van der Waals surface area (Å²) < 4.78 is 0. The summed E-state index contributed by atoms with van der Waals surface area (Å²) in [6.45, 7) is 1.68. The van der Waals surface area contributed by atoms with Crippen LogP contribution >= 0.6 is 0 Å². The maximum atomic E-state index is 11.5. The lowest BCUT2D eigenvalue weighted by Gasteiger charge is -1.96. The van der Waals surface area contributed by atoms with Gasteiger partial charge in [0.15, 0.2) is 0 Å². The lowest BCUT2D eigenvalue weighted by Crippen LogP contribution is -2.00. The summed E-state index contributed by atoms with van der Waals surface area (Å²) in [4.78, 5) is 11.5. The average molecular weight is 171 g/mol. The first kappa shape index (κ1) is 9.21. The van der Waals surface area contributed by atoms with Gasteiger partial charge in [0.2, 0.25) is 5.78 Å². The number of carbonyl (C=O) groups excluding carboxylic acids is 1. The second-order valence-electron chi connectivity index (χ2n) is 2.51. The van der Waals surface area contributed by atoms with Crippen LogP contribution in [0, 0.1) is 11.3 Å². The van der Waals surface area contributed by atoms with Crippen molar-refractivity contribution in [1.29, 1.82) is 5.26 Å². The van der Waals surface area contributed by atoms with E-state index in [2.05, 4.69) is 0 Å². The lowest BCUT2D eigenvalue weighted by atomic mass is 10.0. The number of hydrogen-bond donors (Lipinski definition) is 0. The summed E-state index contributed by atoms with van der Waals surface area (Å²) in [6, 6.07) is 10.6. The maximum Gasteiger partial charge on any atom is 0.203 e. The monoisotopic (exact) mass is 171 g/mol. The van der Waals surface area contributed by atoms with Crippen LogP contribution in [0.3, 0.4) is 0 Å². The third-order valence-corrected chi connectivity index (χ3v) is 1.69. The molecule has 2 heteroatoms. The lowest BCUT2D eigenvalue weighted by molar-refractivity contribution is 0.103. The summed E-state index contributed by atoms with van der Waals surface area (Å²) in [7, 11) is 0. The summed E-state index contributed by atoms with van der Waals surface area (Å²) >= 11 is 0. The third-order valence-electron chi connectivity index (χ3n) is 1.69. The van der Waals surface area contributed by atoms with E-state index in [1.54, 1.807) is 31.2 Å². The molecule has 0 spiro atoms. The fourth-order valence-electron chi connectivity index (χ4n) is 0.991. The minimum Gasteiger partial charge on any atom is -0.288 e. The van der Waals surface area contributed by atoms with Crippen molar-refractivity contribution in [3.63, 3.8) is 0 Å². The van der Waals surface area contributed by atoms with E-state index >= 15 is 0 Å². The predicted octanol–water partition coefficient (Wildman–Crippen LogP) is 2.34. The molecule has 0 aromatic heterocycles. The van der Waals surface area contributed by atoms with Gasteiger partial charge in [-0.3, -0.25) is 4.79 Å². The molecule has 1 rings (SSSR count). The van der Waals surface area contributed by atoms with E-state index in [1.807, 2.05) is 12.1 Å². The molecule has 0 saturated heterocycles. The first-order chi connectivity index (χ1) is 6.29. The second kappa shape index (κ2) is 4.22. The van der Waals surface area contributed by atoms with Gasteiger partial charge in [-0.25, -0.2) is 0 Å². The molecule has 0 bridgehead atoms. The maximum absolute atomic E-state index is 11.5. The standard InChI is InChI=1S/C11H9NO/c1-2-9(8-12)11(13)10-6-4-3-5-7-10/h2-7H,1H3. The van der Waals surface area contributed by atoms with E-state index in [0.717, 1.165) is 0 Å². The van der Waals surface area contributed by atoms with Crippen LogP contribution in [-0.2, 0) is 0 Å². The summed E-state index contributed by atoms with van der Waals surface area (Å²) in [5.74, 6) is -0.217. The van der Waals surface area contributed by atoms with Crippen LogP contribution in [0.15, 0.2) is 42.0 Å². The fourth-order valence-corrected chi connectivity index (χ4v) is 0.991. The quantitative estimate of drug-likeness (QED) is 0.389. The van der Waals surface area contributed by atoms with Crippen LogP contribution in [0.5, 0.6) is 0 Å². The molecule has 0 radical (unpaired) electrons. The number of allylic oxidation sites excluding steroid dienone is 2. The van der Waals surface area contributed by atoms with Crippen molar-refractivity contribution in [2.75, 3.05) is 0 Å². The summed E-state index contributed by atoms with van der Waals surface area (Å²) in [5.41, 5.74) is 0.739. The molecule has 64 valence electrons. The molecule has 0 N–H and O–H groups in total. The van der Waals surface area contributed by atoms with Crippen molar-refractivity contribution in [3.8, 4) is 6.07 Å². The highest BCUT2D eigenvalue weighted by atomic mass is 16.1. The molecule has 0 aliphatic rings. The van der Waals surface area contributed by atoms with Crippen LogP contribution in [0.25, 0.3) is 0 Å². The zero-order valence-electron chi connectivity index (χ0n) is 7.32. The Bertz CT molecular complexity index is 371. The van der Waals surface area contributed by atoms with E-state index in [4.69, 9.17) is 5.26 Å². The highest BCUT2D eigenvalue weighted by molar-refractivity contribution is 6.11. The van der Waals surface area contributed by atoms with E-state index in [0.29, 0.717) is 5.56 Å². The van der Waals surface area contributed by atoms with Gasteiger partial charge in [0.05, 0.1) is 5.57 Å². The molecule has 1 aromatic carbocycles. The molecule has 0 heterocycles. The van der Waals surface area contributed by atoms with Crippen molar-refractivity contribution < 1.29 is 4.79 Å². The molecule has 0 atom stereocenters. The normalized spacial score (nSPS) is 10.6. The highest BCUT2D eigenvalue weighted by Crippen LogP contribution is 2.06. The zero-order chi connectivity index (χ0) is 9.68. The topological polar surface area (TPSA) is 40.9 Å². The number of carbonyl (C=O) groups is 1. The smallest absolute Gasteiger partial charge is 0.203 e. The highest BCUT2D eigenvalue weighted by Gasteiger charge is 2.09. The molecule has 0 aliphatic heterocycles. The predicted molar refractivity (Wildman–Crippen MR) is 50.1 cm³/mol. The number of ketones is 1. The molecular formula is C11H9NO. The van der Waals surface area contributed by atoms with E-state index in [-0.39, 0.29) is 11.4 Å². The van der Waals surface area contributed by atoms with Crippen LogP contribution in [-0.4, -0.2) is 5.78 Å². The average Bonchev–Trinajstić information content (AvgIpc) is 2.21. The summed E-state index contributed by atoms with van der Waals surface area (Å²) in [5, 5.41) is 8.62. The van der Waals surface area contributed by atoms with Gasteiger partial charge in [-0.1, -0.05) is 36.4 Å². The number of nitrogens with zero attached hydrogens (tertiary/aromatic N) is 1. The van der Waals surface area contributed by atoms with Crippen molar-refractivity contribution in [2.45, 2.75) is 6.92 Å². The Morgan fingerprint density at radius 2 is 2.00 bits per heavy atom. The van der Waals surface area contributed by atoms with Gasteiger partial charge in [0, 0.05) is 5.56 Å². The first-order valence-corrected chi connectivity index (χ1v) is 3.95. The van der Waals surface area contributed by atoms with Crippen LogP contribution in [0.2, 0.25) is 0 Å². The summed E-state index contributed by atoms with van der Waals surface area (Å²) in [6.07, 6.45) is 1.52. The van der Waals surface area contributed by atoms with E-state index < -0.39 is 0 Å². The number of benzene rings is 1. The Morgan fingerprint density at radius 3 is 2.46 bits per heavy atom. The fraction of sp³-hybridized carbons (Fsp3) is 0.0909. The minimum absolute atomic E-state index is 0.186. The largest absolute Gasteiger partial charge is 0.288 e. The molecule has 0 amide bonds. The first-order valence-electron chi connectivity index (χ1n) is 3.95. The molecule has 2 nitrogen and oxygen atoms in total. The molecular weight excluding hydrogens is 162 g/mol. The van der Waals surface area contributed by atoms with Crippen molar-refractivity contribution >= 4 is 5.78 Å². The number of rotatable bonds is 2. The van der Waals surface area contributed by atoms with Crippen molar-refractivity contribution in [2.24, 2.45) is 0 Å². The van der Waals surface area contributed by atoms with E-state index in [9.17, 15) is 4.79 Å². The Kier molecular flexibility index (Phi) is 2.99. The van der Waals surface area contributed by atoms with E-state index in [1.165, 1.54) is 6.08 Å². The third kappa shape index (κ3) is 2.03. The molecule has 0 saturated carbocycles. The molecule has 0 aliphatic carbocycles. The van der Waals surface area contributed by atoms with Gasteiger partial charge in [0.1, 0.15) is 6.07 Å². The number of Topliss-reactive ketones (excluding diaryl/α,β-unsaturated/α-hetero) is 1. The Morgan fingerprint density at radius 1 is 1.38 bits per heavy atom. The van der Waals surface area contributed by atoms with Gasteiger partial charge in [-0.15, -0.1) is 0 Å². The SMILES string of the molecule is CC=C(C#N)C(=O)c1ccccc1. The van der Waals surface area contributed by atoms with Crippen molar-refractivity contribution in [1.82, 2.24) is 0 Å². The van der Waals surface area contributed by atoms with Gasteiger partial charge in [-0.2, -0.15) is 5.26 Å². The van der Waals surface area contributed by atoms with Gasteiger partial charge in [-0.05, 0) is 6.92 Å². The van der Waals surface area contributed by atoms with Crippen LogP contribution < -0.4 is 0 Å². The van der Waals surface area contributed by atoms with Gasteiger partial charge >= 0.3 is 0 Å². The second-order valence-corrected chi connectivity index (χ2v) is 2.51. The minimum atomic E-state index is -0.217. The molecule has 1 aromatic rings. The van der Waals surface area contributed by atoms with Crippen molar-refractivity contribution in [3.05, 3.63) is 47.5 Å².